The Morgan fingerprint density at radius 3 is 1.20 bits per heavy atom. The molecule has 0 fully saturated rings. The molecule has 3 rings (SSSR count). The van der Waals surface area contributed by atoms with Crippen molar-refractivity contribution in [3.05, 3.63) is 58.7 Å². The van der Waals surface area contributed by atoms with Crippen molar-refractivity contribution in [1.29, 1.82) is 0 Å². The number of esters is 2. The van der Waals surface area contributed by atoms with Crippen molar-refractivity contribution >= 4 is 30.1 Å². The molecule has 8 nitrogen and oxygen atoms in total. The molecule has 0 saturated heterocycles. The minimum Gasteiger partial charge on any atom is -0.462 e. The first kappa shape index (κ1) is 41.2. The molecule has 9 heteroatoms. The standard InChI is InChI=1S/C37H54N2O5.ClH.H2O/c1-5-9-19-38(20-10-6-2)23-13-25-43-36(41)29-15-17-31-32-18-16-30(28-34(32)35(40)33(31)27-29)37(42)44-26-14-24-39(21-11-7-3)22-12-8-4;;/h15-18,27-28H,5-14,19-26H2,1-4H3;1H;1H2. The van der Waals surface area contributed by atoms with E-state index in [4.69, 9.17) is 9.47 Å². The van der Waals surface area contributed by atoms with Gasteiger partial charge in [-0.25, -0.2) is 9.59 Å². The summed E-state index contributed by atoms with van der Waals surface area (Å²) in [4.78, 5) is 43.9. The maximum absolute atomic E-state index is 13.3. The van der Waals surface area contributed by atoms with Crippen molar-refractivity contribution in [3.8, 4) is 11.1 Å². The van der Waals surface area contributed by atoms with E-state index >= 15 is 0 Å². The summed E-state index contributed by atoms with van der Waals surface area (Å²) in [5.74, 6) is -1.03. The van der Waals surface area contributed by atoms with Crippen LogP contribution >= 0.6 is 12.4 Å². The molecular formula is C37H57ClN2O6. The number of hydrogen-bond donors (Lipinski definition) is 0. The molecule has 0 bridgehead atoms. The number of ketones is 1. The fourth-order valence-electron chi connectivity index (χ4n) is 5.60. The predicted octanol–water partition coefficient (Wildman–Crippen LogP) is 7.39. The van der Waals surface area contributed by atoms with Crippen LogP contribution in [0.3, 0.4) is 0 Å². The summed E-state index contributed by atoms with van der Waals surface area (Å²) in [6.45, 7) is 15.6. The molecule has 0 spiro atoms. The Morgan fingerprint density at radius 1 is 0.543 bits per heavy atom. The first-order valence-electron chi connectivity index (χ1n) is 17.0. The monoisotopic (exact) mass is 660 g/mol. The second kappa shape index (κ2) is 22.7. The van der Waals surface area contributed by atoms with Crippen LogP contribution in [0.15, 0.2) is 36.4 Å². The van der Waals surface area contributed by atoms with E-state index in [0.29, 0.717) is 35.5 Å². The molecule has 2 N–H and O–H groups in total. The number of rotatable bonds is 22. The number of benzene rings is 2. The van der Waals surface area contributed by atoms with Crippen LogP contribution in [0.1, 0.15) is 129 Å². The Labute approximate surface area is 282 Å². The average Bonchev–Trinajstić information content (AvgIpc) is 3.33. The average molecular weight is 661 g/mol. The highest BCUT2D eigenvalue weighted by Gasteiger charge is 2.29. The highest BCUT2D eigenvalue weighted by Crippen LogP contribution is 2.37. The van der Waals surface area contributed by atoms with Crippen molar-refractivity contribution in [1.82, 2.24) is 9.80 Å². The van der Waals surface area contributed by atoms with Crippen LogP contribution in [0.5, 0.6) is 0 Å². The zero-order valence-corrected chi connectivity index (χ0v) is 29.4. The summed E-state index contributed by atoms with van der Waals surface area (Å²) in [6, 6.07) is 10.3. The van der Waals surface area contributed by atoms with E-state index in [2.05, 4.69) is 37.5 Å². The van der Waals surface area contributed by atoms with E-state index in [1.165, 1.54) is 51.4 Å². The largest absolute Gasteiger partial charge is 0.462 e. The van der Waals surface area contributed by atoms with Gasteiger partial charge in [0.05, 0.1) is 24.3 Å². The zero-order valence-electron chi connectivity index (χ0n) is 28.5. The van der Waals surface area contributed by atoms with Gasteiger partial charge in [0.25, 0.3) is 0 Å². The van der Waals surface area contributed by atoms with Crippen LogP contribution < -0.4 is 0 Å². The second-order valence-electron chi connectivity index (χ2n) is 11.9. The van der Waals surface area contributed by atoms with Gasteiger partial charge < -0.3 is 24.7 Å². The SMILES string of the molecule is CCCCN(CCCC)CCCOC(=O)c1ccc2c(c1)C(=O)c1cc(C(=O)OCCCN(CCCC)CCCC)ccc1-2.Cl.O. The third-order valence-electron chi connectivity index (χ3n) is 8.31. The van der Waals surface area contributed by atoms with Gasteiger partial charge in [0.15, 0.2) is 5.78 Å². The summed E-state index contributed by atoms with van der Waals surface area (Å²) in [6.07, 6.45) is 10.9. The lowest BCUT2D eigenvalue weighted by Crippen LogP contribution is -2.28. The first-order chi connectivity index (χ1) is 21.4. The minimum atomic E-state index is -0.419. The molecule has 0 heterocycles. The van der Waals surface area contributed by atoms with E-state index in [-0.39, 0.29) is 23.7 Å². The number of ether oxygens (including phenoxy) is 2. The highest BCUT2D eigenvalue weighted by atomic mass is 35.5. The van der Waals surface area contributed by atoms with E-state index < -0.39 is 11.9 Å². The molecular weight excluding hydrogens is 604 g/mol. The van der Waals surface area contributed by atoms with Gasteiger partial charge in [-0.3, -0.25) is 4.79 Å². The fourth-order valence-corrected chi connectivity index (χ4v) is 5.60. The van der Waals surface area contributed by atoms with Gasteiger partial charge in [-0.1, -0.05) is 65.5 Å². The van der Waals surface area contributed by atoms with Crippen LogP contribution in [0.4, 0.5) is 0 Å². The Hall–Kier alpha value is -2.78. The Morgan fingerprint density at radius 2 is 0.870 bits per heavy atom. The number of unbranched alkanes of at least 4 members (excludes halogenated alkanes) is 4. The van der Waals surface area contributed by atoms with Crippen LogP contribution in [-0.4, -0.2) is 85.5 Å². The Bertz CT molecular complexity index is 1110. The van der Waals surface area contributed by atoms with E-state index in [1.54, 1.807) is 36.4 Å². The maximum Gasteiger partial charge on any atom is 0.338 e. The van der Waals surface area contributed by atoms with E-state index in [9.17, 15) is 14.4 Å². The number of halogens is 1. The molecule has 1 aliphatic rings. The number of carbonyl (C=O) groups excluding carboxylic acids is 3. The molecule has 0 radical (unpaired) electrons. The summed E-state index contributed by atoms with van der Waals surface area (Å²) in [7, 11) is 0. The summed E-state index contributed by atoms with van der Waals surface area (Å²) in [5.41, 5.74) is 3.19. The van der Waals surface area contributed by atoms with Crippen molar-refractivity contribution in [2.45, 2.75) is 91.9 Å². The van der Waals surface area contributed by atoms with Crippen molar-refractivity contribution in [3.63, 3.8) is 0 Å². The fraction of sp³-hybridized carbons (Fsp3) is 0.595. The molecule has 258 valence electrons. The Kier molecular flexibility index (Phi) is 20.3. The van der Waals surface area contributed by atoms with Gasteiger partial charge in [-0.2, -0.15) is 0 Å². The molecule has 46 heavy (non-hydrogen) atoms. The van der Waals surface area contributed by atoms with Gasteiger partial charge >= 0.3 is 11.9 Å². The van der Waals surface area contributed by atoms with Gasteiger partial charge in [0.2, 0.25) is 0 Å². The summed E-state index contributed by atoms with van der Waals surface area (Å²) in [5, 5.41) is 0. The van der Waals surface area contributed by atoms with Crippen LogP contribution in [-0.2, 0) is 9.47 Å². The van der Waals surface area contributed by atoms with Crippen LogP contribution in [0.25, 0.3) is 11.1 Å². The van der Waals surface area contributed by atoms with Crippen molar-refractivity contribution in [2.75, 3.05) is 52.5 Å². The summed E-state index contributed by atoms with van der Waals surface area (Å²) >= 11 is 0. The molecule has 0 saturated carbocycles. The first-order valence-corrected chi connectivity index (χ1v) is 17.0. The zero-order chi connectivity index (χ0) is 31.7. The number of nitrogens with zero attached hydrogens (tertiary/aromatic N) is 2. The molecule has 0 aliphatic heterocycles. The van der Waals surface area contributed by atoms with Crippen LogP contribution in [0.2, 0.25) is 0 Å². The number of fused-ring (bicyclic) bond motifs is 3. The molecule has 0 aromatic heterocycles. The van der Waals surface area contributed by atoms with Gasteiger partial charge in [-0.15, -0.1) is 12.4 Å². The van der Waals surface area contributed by atoms with Gasteiger partial charge in [0.1, 0.15) is 0 Å². The van der Waals surface area contributed by atoms with E-state index in [1.807, 2.05) is 0 Å². The Balaban J connectivity index is 0.00000529. The second-order valence-corrected chi connectivity index (χ2v) is 11.9. The van der Waals surface area contributed by atoms with Crippen LogP contribution in [0, 0.1) is 0 Å². The molecule has 0 atom stereocenters. The normalized spacial score (nSPS) is 11.6. The molecule has 2 aromatic rings. The third kappa shape index (κ3) is 12.4. The maximum atomic E-state index is 13.3. The lowest BCUT2D eigenvalue weighted by Gasteiger charge is -2.21. The molecule has 2 aromatic carbocycles. The lowest BCUT2D eigenvalue weighted by molar-refractivity contribution is 0.0478. The van der Waals surface area contributed by atoms with Gasteiger partial charge in [0, 0.05) is 24.2 Å². The number of hydrogen-bond acceptors (Lipinski definition) is 7. The molecule has 1 aliphatic carbocycles. The molecule has 0 unspecified atom stereocenters. The smallest absolute Gasteiger partial charge is 0.338 e. The third-order valence-corrected chi connectivity index (χ3v) is 8.31. The lowest BCUT2D eigenvalue weighted by atomic mass is 10.0. The van der Waals surface area contributed by atoms with E-state index in [0.717, 1.165) is 63.2 Å². The number of carbonyl (C=O) groups is 3. The summed E-state index contributed by atoms with van der Waals surface area (Å²) < 4.78 is 11.1. The topological polar surface area (TPSA) is 108 Å². The van der Waals surface area contributed by atoms with Crippen molar-refractivity contribution < 1.29 is 29.3 Å². The minimum absolute atomic E-state index is 0. The highest BCUT2D eigenvalue weighted by molar-refractivity contribution is 6.22. The molecule has 0 amide bonds. The predicted molar refractivity (Wildman–Crippen MR) is 188 cm³/mol. The van der Waals surface area contributed by atoms with Gasteiger partial charge in [-0.05, 0) is 100 Å². The quantitative estimate of drug-likeness (QED) is 0.0817. The van der Waals surface area contributed by atoms with Crippen molar-refractivity contribution in [2.24, 2.45) is 0 Å².